The zero-order valence-corrected chi connectivity index (χ0v) is 19.8. The molecule has 3 rings (SSSR count). The predicted octanol–water partition coefficient (Wildman–Crippen LogP) is 1.47. The van der Waals surface area contributed by atoms with Gasteiger partial charge in [0, 0.05) is 46.0 Å². The van der Waals surface area contributed by atoms with Crippen molar-refractivity contribution in [3.05, 3.63) is 24.0 Å². The molecule has 1 aliphatic carbocycles. The van der Waals surface area contributed by atoms with E-state index in [9.17, 15) is 13.8 Å². The first-order valence-corrected chi connectivity index (χ1v) is 12.2. The molecule has 1 unspecified atom stereocenters. The number of aromatic nitrogens is 3. The Hall–Kier alpha value is -3.32. The quantitative estimate of drug-likeness (QED) is 0.372. The van der Waals surface area contributed by atoms with Crippen molar-refractivity contribution in [3.8, 4) is 0 Å². The molecule has 12 nitrogen and oxygen atoms in total. The maximum atomic E-state index is 13.2. The summed E-state index contributed by atoms with van der Waals surface area (Å²) < 4.78 is 22.2. The van der Waals surface area contributed by atoms with E-state index < -0.39 is 15.6 Å². The second kappa shape index (κ2) is 10.5. The van der Waals surface area contributed by atoms with Crippen LogP contribution in [0.1, 0.15) is 23.3 Å². The number of anilines is 4. The first kappa shape index (κ1) is 24.3. The molecule has 2 heterocycles. The topological polar surface area (TPSA) is 160 Å². The molecule has 0 aliphatic heterocycles. The van der Waals surface area contributed by atoms with Crippen LogP contribution in [0.15, 0.2) is 27.6 Å². The molecule has 4 N–H and O–H groups in total. The zero-order valence-electron chi connectivity index (χ0n) is 19.0. The zero-order chi connectivity index (χ0) is 24.0. The fourth-order valence-corrected chi connectivity index (χ4v) is 3.86. The Balaban J connectivity index is 1.99. The van der Waals surface area contributed by atoms with E-state index >= 15 is 0 Å². The number of pyridine rings is 1. The van der Waals surface area contributed by atoms with Crippen LogP contribution in [-0.2, 0) is 19.3 Å². The fraction of sp³-hybridized carbons (Fsp3) is 0.450. The maximum absolute atomic E-state index is 13.2. The van der Waals surface area contributed by atoms with E-state index in [1.165, 1.54) is 26.4 Å². The van der Waals surface area contributed by atoms with Gasteiger partial charge < -0.3 is 26.0 Å². The van der Waals surface area contributed by atoms with E-state index in [1.54, 1.807) is 19.4 Å². The molecule has 2 aromatic rings. The smallest absolute Gasteiger partial charge is 0.273 e. The van der Waals surface area contributed by atoms with Gasteiger partial charge in [0.2, 0.25) is 5.91 Å². The molecular weight excluding hydrogens is 448 g/mol. The third-order valence-electron chi connectivity index (χ3n) is 4.93. The standard InChI is InChI=1S/C20H28N8O4S/c1-21-20(30)17-14(10-16(27-28-17)26-19(29)12-5-6-12)25-18-15(33(4,31)22-2)9-13(11-24-18)23-7-8-32-3/h9-12,23H,5-8H2,1-4H3,(H,21,30)(H2,24,25,26,27,29). The van der Waals surface area contributed by atoms with Crippen molar-refractivity contribution in [2.45, 2.75) is 17.7 Å². The van der Waals surface area contributed by atoms with Crippen LogP contribution in [-0.4, -0.2) is 71.8 Å². The van der Waals surface area contributed by atoms with Gasteiger partial charge in [-0.25, -0.2) is 13.6 Å². The van der Waals surface area contributed by atoms with Crippen LogP contribution in [0.5, 0.6) is 0 Å². The van der Waals surface area contributed by atoms with Gasteiger partial charge in [0.15, 0.2) is 11.5 Å². The van der Waals surface area contributed by atoms with E-state index in [1.807, 2.05) is 0 Å². The Kier molecular flexibility index (Phi) is 7.76. The monoisotopic (exact) mass is 476 g/mol. The van der Waals surface area contributed by atoms with E-state index in [4.69, 9.17) is 4.74 Å². The van der Waals surface area contributed by atoms with Gasteiger partial charge >= 0.3 is 0 Å². The molecule has 2 amide bonds. The van der Waals surface area contributed by atoms with Crippen molar-refractivity contribution in [3.63, 3.8) is 0 Å². The number of ether oxygens (including phenoxy) is 1. The van der Waals surface area contributed by atoms with E-state index in [-0.39, 0.29) is 34.8 Å². The molecule has 13 heteroatoms. The number of hydrogen-bond donors (Lipinski definition) is 4. The van der Waals surface area contributed by atoms with Crippen molar-refractivity contribution < 1.29 is 18.5 Å². The van der Waals surface area contributed by atoms with Crippen molar-refractivity contribution in [1.29, 1.82) is 0 Å². The van der Waals surface area contributed by atoms with E-state index in [2.05, 4.69) is 40.8 Å². The molecular formula is C20H28N8O4S. The van der Waals surface area contributed by atoms with Crippen molar-refractivity contribution in [2.75, 3.05) is 56.6 Å². The fourth-order valence-electron chi connectivity index (χ4n) is 2.86. The summed E-state index contributed by atoms with van der Waals surface area (Å²) in [4.78, 5) is 29.2. The first-order chi connectivity index (χ1) is 15.8. The van der Waals surface area contributed by atoms with Crippen molar-refractivity contribution in [1.82, 2.24) is 20.5 Å². The summed E-state index contributed by atoms with van der Waals surface area (Å²) in [5.74, 6) is -0.220. The van der Waals surface area contributed by atoms with E-state index in [0.29, 0.717) is 23.7 Å². The van der Waals surface area contributed by atoms with Gasteiger partial charge in [-0.1, -0.05) is 0 Å². The minimum Gasteiger partial charge on any atom is -0.383 e. The molecule has 0 saturated heterocycles. The molecule has 1 fully saturated rings. The first-order valence-electron chi connectivity index (χ1n) is 10.3. The molecule has 2 aromatic heterocycles. The van der Waals surface area contributed by atoms with Crippen LogP contribution in [0.2, 0.25) is 0 Å². The highest BCUT2D eigenvalue weighted by molar-refractivity contribution is 7.93. The van der Waals surface area contributed by atoms with Crippen LogP contribution < -0.4 is 21.3 Å². The highest BCUT2D eigenvalue weighted by Crippen LogP contribution is 2.31. The number of carbonyl (C=O) groups is 2. The number of carbonyl (C=O) groups excluding carboxylic acids is 2. The number of methoxy groups -OCH3 is 1. The molecule has 1 atom stereocenters. The Morgan fingerprint density at radius 2 is 2.03 bits per heavy atom. The molecule has 0 bridgehead atoms. The number of nitrogens with one attached hydrogen (secondary N) is 4. The molecule has 0 spiro atoms. The van der Waals surface area contributed by atoms with Gasteiger partial charge in [-0.05, 0) is 18.9 Å². The van der Waals surface area contributed by atoms with Crippen LogP contribution in [0.3, 0.4) is 0 Å². The largest absolute Gasteiger partial charge is 0.383 e. The van der Waals surface area contributed by atoms with E-state index in [0.717, 1.165) is 12.8 Å². The average molecular weight is 477 g/mol. The van der Waals surface area contributed by atoms with Gasteiger partial charge in [0.1, 0.15) is 5.82 Å². The Morgan fingerprint density at radius 3 is 2.67 bits per heavy atom. The lowest BCUT2D eigenvalue weighted by Gasteiger charge is -2.16. The van der Waals surface area contributed by atoms with Gasteiger partial charge in [-0.3, -0.25) is 9.59 Å². The molecule has 178 valence electrons. The predicted molar refractivity (Wildman–Crippen MR) is 125 cm³/mol. The number of nitrogens with zero attached hydrogens (tertiary/aromatic N) is 4. The second-order valence-electron chi connectivity index (χ2n) is 7.43. The summed E-state index contributed by atoms with van der Waals surface area (Å²) in [7, 11) is 1.73. The molecule has 1 aliphatic rings. The summed E-state index contributed by atoms with van der Waals surface area (Å²) in [6, 6.07) is 3.18. The summed E-state index contributed by atoms with van der Waals surface area (Å²) in [5, 5.41) is 19.3. The highest BCUT2D eigenvalue weighted by atomic mass is 32.2. The van der Waals surface area contributed by atoms with Gasteiger partial charge in [0.25, 0.3) is 5.91 Å². The second-order valence-corrected chi connectivity index (χ2v) is 9.84. The third-order valence-corrected chi connectivity index (χ3v) is 6.76. The van der Waals surface area contributed by atoms with Crippen LogP contribution in [0.25, 0.3) is 0 Å². The number of amides is 2. The third kappa shape index (κ3) is 6.14. The van der Waals surface area contributed by atoms with Crippen molar-refractivity contribution in [2.24, 2.45) is 10.3 Å². The average Bonchev–Trinajstić information content (AvgIpc) is 3.65. The lowest BCUT2D eigenvalue weighted by Crippen LogP contribution is -2.23. The van der Waals surface area contributed by atoms with Gasteiger partial charge in [-0.15, -0.1) is 10.2 Å². The van der Waals surface area contributed by atoms with Gasteiger partial charge in [0.05, 0.1) is 38.8 Å². The minimum absolute atomic E-state index is 0.00648. The number of hydrogen-bond acceptors (Lipinski definition) is 10. The Labute approximate surface area is 192 Å². The maximum Gasteiger partial charge on any atom is 0.273 e. The molecule has 33 heavy (non-hydrogen) atoms. The minimum atomic E-state index is -2.80. The van der Waals surface area contributed by atoms with Crippen LogP contribution >= 0.6 is 0 Å². The van der Waals surface area contributed by atoms with Gasteiger partial charge in [-0.2, -0.15) is 0 Å². The van der Waals surface area contributed by atoms with Crippen LogP contribution in [0, 0.1) is 5.92 Å². The molecule has 1 saturated carbocycles. The van der Waals surface area contributed by atoms with Crippen LogP contribution in [0.4, 0.5) is 23.0 Å². The SMILES string of the molecule is CN=S(C)(=O)c1cc(NCCOC)cnc1Nc1cc(NC(=O)C2CC2)nnc1C(=O)NC. The summed E-state index contributed by atoms with van der Waals surface area (Å²) in [6.07, 6.45) is 4.74. The summed E-state index contributed by atoms with van der Waals surface area (Å²) in [6.45, 7) is 1.03. The Bertz CT molecular complexity index is 1160. The lowest BCUT2D eigenvalue weighted by atomic mass is 10.2. The lowest BCUT2D eigenvalue weighted by molar-refractivity contribution is -0.117. The Morgan fingerprint density at radius 1 is 1.27 bits per heavy atom. The highest BCUT2D eigenvalue weighted by Gasteiger charge is 2.30. The summed E-state index contributed by atoms with van der Waals surface area (Å²) >= 11 is 0. The normalized spacial score (nSPS) is 14.7. The molecule has 0 aromatic carbocycles. The van der Waals surface area contributed by atoms with Crippen molar-refractivity contribution >= 4 is 44.6 Å². The molecule has 0 radical (unpaired) electrons. The number of rotatable bonds is 10. The summed E-state index contributed by atoms with van der Waals surface area (Å²) in [5.41, 5.74) is 0.881.